The van der Waals surface area contributed by atoms with Gasteiger partial charge in [0.1, 0.15) is 4.90 Å². The van der Waals surface area contributed by atoms with Gasteiger partial charge in [-0.2, -0.15) is 0 Å². The van der Waals surface area contributed by atoms with Crippen molar-refractivity contribution in [3.05, 3.63) is 27.2 Å². The first-order valence-corrected chi connectivity index (χ1v) is 8.06. The second-order valence-electron chi connectivity index (χ2n) is 4.38. The molecule has 1 unspecified atom stereocenters. The molecule has 1 aromatic carbocycles. The zero-order valence-corrected chi connectivity index (χ0v) is 13.5. The summed E-state index contributed by atoms with van der Waals surface area (Å²) in [6, 6.07) is 2.59. The Morgan fingerprint density at radius 3 is 2.11 bits per heavy atom. The molecule has 0 bridgehead atoms. The molecule has 0 aromatic heterocycles. The van der Waals surface area contributed by atoms with E-state index in [0.717, 1.165) is 0 Å². The van der Waals surface area contributed by atoms with E-state index >= 15 is 0 Å². The second-order valence-corrected chi connectivity index (χ2v) is 7.25. The SMILES string of the molecule is CCC(C)(CO)NS(=O)(=O)c1c(Cl)cc(Cl)cc1Cl. The minimum atomic E-state index is -3.95. The summed E-state index contributed by atoms with van der Waals surface area (Å²) in [6.07, 6.45) is 0.408. The molecule has 0 aliphatic carbocycles. The van der Waals surface area contributed by atoms with Gasteiger partial charge in [0.2, 0.25) is 10.0 Å². The van der Waals surface area contributed by atoms with E-state index in [9.17, 15) is 13.5 Å². The lowest BCUT2D eigenvalue weighted by atomic mass is 10.0. The monoisotopic (exact) mass is 345 g/mol. The van der Waals surface area contributed by atoms with Gasteiger partial charge in [-0.1, -0.05) is 41.7 Å². The molecule has 0 amide bonds. The van der Waals surface area contributed by atoms with Crippen LogP contribution in [-0.4, -0.2) is 25.7 Å². The van der Waals surface area contributed by atoms with Crippen molar-refractivity contribution in [2.75, 3.05) is 6.61 Å². The molecule has 8 heteroatoms. The minimum Gasteiger partial charge on any atom is -0.394 e. The van der Waals surface area contributed by atoms with Gasteiger partial charge >= 0.3 is 0 Å². The largest absolute Gasteiger partial charge is 0.394 e. The lowest BCUT2D eigenvalue weighted by molar-refractivity contribution is 0.191. The molecule has 0 spiro atoms. The molecule has 19 heavy (non-hydrogen) atoms. The summed E-state index contributed by atoms with van der Waals surface area (Å²) in [5, 5.41) is 9.37. The molecule has 1 rings (SSSR count). The second kappa shape index (κ2) is 6.16. The summed E-state index contributed by atoms with van der Waals surface area (Å²) >= 11 is 17.5. The predicted molar refractivity (Wildman–Crippen MR) is 77.6 cm³/mol. The Morgan fingerprint density at radius 2 is 1.74 bits per heavy atom. The van der Waals surface area contributed by atoms with Crippen molar-refractivity contribution in [2.24, 2.45) is 0 Å². The maximum atomic E-state index is 12.3. The molecule has 1 atom stereocenters. The maximum absolute atomic E-state index is 12.3. The van der Waals surface area contributed by atoms with Crippen molar-refractivity contribution in [1.29, 1.82) is 0 Å². The molecule has 0 aliphatic rings. The summed E-state index contributed by atoms with van der Waals surface area (Å²) in [7, 11) is -3.95. The lowest BCUT2D eigenvalue weighted by Crippen LogP contribution is -2.48. The van der Waals surface area contributed by atoms with Crippen LogP contribution in [0.4, 0.5) is 0 Å². The molecule has 0 aliphatic heterocycles. The first-order valence-electron chi connectivity index (χ1n) is 5.44. The number of benzene rings is 1. The summed E-state index contributed by atoms with van der Waals surface area (Å²) in [5.41, 5.74) is -0.981. The minimum absolute atomic E-state index is 0.0682. The highest BCUT2D eigenvalue weighted by Gasteiger charge is 2.31. The number of aliphatic hydroxyl groups is 1. The van der Waals surface area contributed by atoms with Crippen LogP contribution in [0.15, 0.2) is 17.0 Å². The predicted octanol–water partition coefficient (Wildman–Crippen LogP) is 3.09. The van der Waals surface area contributed by atoms with Crippen LogP contribution in [0, 0.1) is 0 Å². The molecule has 0 saturated heterocycles. The third kappa shape index (κ3) is 3.97. The average molecular weight is 347 g/mol. The van der Waals surface area contributed by atoms with Crippen molar-refractivity contribution >= 4 is 44.8 Å². The first kappa shape index (κ1) is 17.0. The molecule has 2 N–H and O–H groups in total. The number of aliphatic hydroxyl groups excluding tert-OH is 1. The fraction of sp³-hybridized carbons (Fsp3) is 0.455. The van der Waals surface area contributed by atoms with Crippen LogP contribution in [0.1, 0.15) is 20.3 Å². The highest BCUT2D eigenvalue weighted by molar-refractivity contribution is 7.89. The van der Waals surface area contributed by atoms with Crippen LogP contribution in [0.5, 0.6) is 0 Å². The Labute approximate surface area is 127 Å². The summed E-state index contributed by atoms with van der Waals surface area (Å²) in [5.74, 6) is 0. The van der Waals surface area contributed by atoms with Gasteiger partial charge in [0, 0.05) is 5.02 Å². The molecule has 4 nitrogen and oxygen atoms in total. The third-order valence-corrected chi connectivity index (χ3v) is 5.52. The summed E-state index contributed by atoms with van der Waals surface area (Å²) in [4.78, 5) is -0.242. The average Bonchev–Trinajstić information content (AvgIpc) is 2.26. The number of sulfonamides is 1. The Morgan fingerprint density at radius 1 is 1.26 bits per heavy atom. The van der Waals surface area contributed by atoms with Gasteiger partial charge in [0.05, 0.1) is 22.2 Å². The fourth-order valence-electron chi connectivity index (χ4n) is 1.38. The highest BCUT2D eigenvalue weighted by atomic mass is 35.5. The molecule has 1 aromatic rings. The van der Waals surface area contributed by atoms with E-state index in [1.54, 1.807) is 13.8 Å². The van der Waals surface area contributed by atoms with E-state index < -0.39 is 15.6 Å². The van der Waals surface area contributed by atoms with Crippen LogP contribution in [0.25, 0.3) is 0 Å². The van der Waals surface area contributed by atoms with Gasteiger partial charge < -0.3 is 5.11 Å². The van der Waals surface area contributed by atoms with E-state index in [4.69, 9.17) is 34.8 Å². The van der Waals surface area contributed by atoms with E-state index in [1.807, 2.05) is 0 Å². The summed E-state index contributed by atoms with van der Waals surface area (Å²) in [6.45, 7) is 3.00. The van der Waals surface area contributed by atoms with Crippen molar-refractivity contribution < 1.29 is 13.5 Å². The van der Waals surface area contributed by atoms with E-state index in [1.165, 1.54) is 12.1 Å². The summed E-state index contributed by atoms with van der Waals surface area (Å²) < 4.78 is 27.0. The third-order valence-electron chi connectivity index (χ3n) is 2.74. The first-order chi connectivity index (χ1) is 8.65. The Balaban J connectivity index is 3.29. The van der Waals surface area contributed by atoms with Crippen molar-refractivity contribution in [3.8, 4) is 0 Å². The Hall–Kier alpha value is -0.0400. The van der Waals surface area contributed by atoms with Crippen molar-refractivity contribution in [1.82, 2.24) is 4.72 Å². The van der Waals surface area contributed by atoms with Crippen LogP contribution in [0.2, 0.25) is 15.1 Å². The van der Waals surface area contributed by atoms with Crippen molar-refractivity contribution in [2.45, 2.75) is 30.7 Å². The van der Waals surface area contributed by atoms with Crippen LogP contribution in [-0.2, 0) is 10.0 Å². The van der Waals surface area contributed by atoms with Gasteiger partial charge in [-0.05, 0) is 25.5 Å². The fourth-order valence-corrected chi connectivity index (χ4v) is 4.39. The highest BCUT2D eigenvalue weighted by Crippen LogP contribution is 2.33. The normalized spacial score (nSPS) is 15.3. The van der Waals surface area contributed by atoms with Crippen molar-refractivity contribution in [3.63, 3.8) is 0 Å². The maximum Gasteiger partial charge on any atom is 0.244 e. The molecule has 0 radical (unpaired) electrons. The molecular formula is C11H14Cl3NO3S. The topological polar surface area (TPSA) is 66.4 Å². The van der Waals surface area contributed by atoms with Gasteiger partial charge in [0.15, 0.2) is 0 Å². The van der Waals surface area contributed by atoms with E-state index in [0.29, 0.717) is 6.42 Å². The zero-order chi connectivity index (χ0) is 14.8. The van der Waals surface area contributed by atoms with Gasteiger partial charge in [-0.25, -0.2) is 13.1 Å². The van der Waals surface area contributed by atoms with Gasteiger partial charge in [0.25, 0.3) is 0 Å². The standard InChI is InChI=1S/C11H14Cl3NO3S/c1-3-11(2,6-16)15-19(17,18)10-8(13)4-7(12)5-9(10)14/h4-5,15-16H,3,6H2,1-2H3. The molecule has 108 valence electrons. The number of hydrogen-bond donors (Lipinski definition) is 2. The Bertz CT molecular complexity index is 548. The number of nitrogens with one attached hydrogen (secondary N) is 1. The molecule has 0 heterocycles. The van der Waals surface area contributed by atoms with E-state index in [2.05, 4.69) is 4.72 Å². The number of rotatable bonds is 5. The van der Waals surface area contributed by atoms with Gasteiger partial charge in [-0.3, -0.25) is 0 Å². The molecule has 0 fully saturated rings. The van der Waals surface area contributed by atoms with Crippen LogP contribution >= 0.6 is 34.8 Å². The number of halogens is 3. The van der Waals surface area contributed by atoms with Crippen LogP contribution in [0.3, 0.4) is 0 Å². The zero-order valence-electron chi connectivity index (χ0n) is 10.4. The molecular weight excluding hydrogens is 333 g/mol. The smallest absolute Gasteiger partial charge is 0.244 e. The van der Waals surface area contributed by atoms with Crippen LogP contribution < -0.4 is 4.72 Å². The van der Waals surface area contributed by atoms with Gasteiger partial charge in [-0.15, -0.1) is 0 Å². The Kier molecular flexibility index (Phi) is 5.52. The molecule has 0 saturated carbocycles. The quantitative estimate of drug-likeness (QED) is 0.861. The van der Waals surface area contributed by atoms with E-state index in [-0.39, 0.29) is 26.6 Å². The lowest BCUT2D eigenvalue weighted by Gasteiger charge is -2.27. The number of hydrogen-bond acceptors (Lipinski definition) is 3.